The van der Waals surface area contributed by atoms with Crippen LogP contribution in [0.4, 0.5) is 0 Å². The van der Waals surface area contributed by atoms with Gasteiger partial charge in [0.1, 0.15) is 0 Å². The molecule has 18 heavy (non-hydrogen) atoms. The summed E-state index contributed by atoms with van der Waals surface area (Å²) in [5.41, 5.74) is 2.53. The number of thioether (sulfide) groups is 1. The normalized spacial score (nSPS) is 12.6. The molecule has 0 amide bonds. The Hall–Kier alpha value is -0.540. The van der Waals surface area contributed by atoms with Gasteiger partial charge >= 0.3 is 0 Å². The minimum atomic E-state index is 0.551. The van der Waals surface area contributed by atoms with Gasteiger partial charge in [0.05, 0.1) is 0 Å². The lowest BCUT2D eigenvalue weighted by Gasteiger charge is -2.17. The summed E-state index contributed by atoms with van der Waals surface area (Å²) in [7, 11) is 0. The topological polar surface area (TPSA) is 24.9 Å². The molecule has 0 saturated heterocycles. The van der Waals surface area contributed by atoms with Crippen molar-refractivity contribution in [3.05, 3.63) is 29.6 Å². The lowest BCUT2D eigenvalue weighted by Crippen LogP contribution is -2.34. The lowest BCUT2D eigenvalue weighted by molar-refractivity contribution is 0.545. The molecule has 0 saturated carbocycles. The van der Waals surface area contributed by atoms with Gasteiger partial charge < -0.3 is 5.32 Å². The van der Waals surface area contributed by atoms with E-state index in [-0.39, 0.29) is 0 Å². The number of nitrogens with one attached hydrogen (secondary N) is 1. The third-order valence-electron chi connectivity index (χ3n) is 2.96. The van der Waals surface area contributed by atoms with E-state index >= 15 is 0 Å². The monoisotopic (exact) mass is 266 g/mol. The average molecular weight is 266 g/mol. The van der Waals surface area contributed by atoms with Crippen molar-refractivity contribution in [3.8, 4) is 0 Å². The second-order valence-electron chi connectivity index (χ2n) is 4.53. The van der Waals surface area contributed by atoms with Gasteiger partial charge in [-0.2, -0.15) is 11.8 Å². The van der Waals surface area contributed by atoms with Crippen LogP contribution >= 0.6 is 11.8 Å². The van der Waals surface area contributed by atoms with Gasteiger partial charge in [0.15, 0.2) is 0 Å². The van der Waals surface area contributed by atoms with Gasteiger partial charge in [0.2, 0.25) is 0 Å². The van der Waals surface area contributed by atoms with E-state index in [0.29, 0.717) is 6.04 Å². The predicted octanol–water partition coefficient (Wildman–Crippen LogP) is 3.31. The highest BCUT2D eigenvalue weighted by Gasteiger charge is 2.09. The first-order valence-electron chi connectivity index (χ1n) is 7.05. The Morgan fingerprint density at radius 3 is 2.67 bits per heavy atom. The molecule has 0 bridgehead atoms. The number of hydrogen-bond acceptors (Lipinski definition) is 3. The van der Waals surface area contributed by atoms with E-state index in [1.165, 1.54) is 29.2 Å². The van der Waals surface area contributed by atoms with Crippen LogP contribution in [0.2, 0.25) is 0 Å². The minimum Gasteiger partial charge on any atom is -0.313 e. The summed E-state index contributed by atoms with van der Waals surface area (Å²) >= 11 is 2.00. The maximum Gasteiger partial charge on any atom is 0.0419 e. The molecule has 1 aromatic heterocycles. The molecule has 0 radical (unpaired) electrons. The second-order valence-corrected chi connectivity index (χ2v) is 5.84. The molecule has 0 fully saturated rings. The zero-order chi connectivity index (χ0) is 13.2. The molecule has 1 atom stereocenters. The first-order chi connectivity index (χ1) is 8.80. The molecule has 0 aliphatic heterocycles. The summed E-state index contributed by atoms with van der Waals surface area (Å²) < 4.78 is 0. The molecule has 2 nitrogen and oxygen atoms in total. The predicted molar refractivity (Wildman–Crippen MR) is 82.4 cm³/mol. The molecular weight excluding hydrogens is 240 g/mol. The highest BCUT2D eigenvalue weighted by Crippen LogP contribution is 2.08. The van der Waals surface area contributed by atoms with Crippen LogP contribution in [0.25, 0.3) is 0 Å². The Morgan fingerprint density at radius 2 is 2.11 bits per heavy atom. The van der Waals surface area contributed by atoms with Crippen molar-refractivity contribution in [2.75, 3.05) is 18.1 Å². The summed E-state index contributed by atoms with van der Waals surface area (Å²) in [6.45, 7) is 7.70. The van der Waals surface area contributed by atoms with Crippen molar-refractivity contribution < 1.29 is 0 Å². The van der Waals surface area contributed by atoms with Crippen molar-refractivity contribution in [2.24, 2.45) is 0 Å². The molecule has 1 rings (SSSR count). The first kappa shape index (κ1) is 15.5. The standard InChI is InChI=1S/C15H26N2S/c1-4-9-16-15(12-18-6-3)10-14-8-7-13(5-2)11-17-14/h7-8,11,15-16H,4-6,9-10,12H2,1-3H3. The van der Waals surface area contributed by atoms with Crippen LogP contribution < -0.4 is 5.32 Å². The van der Waals surface area contributed by atoms with Crippen molar-refractivity contribution >= 4 is 11.8 Å². The molecule has 102 valence electrons. The second kappa shape index (κ2) is 9.40. The fourth-order valence-electron chi connectivity index (χ4n) is 1.84. The van der Waals surface area contributed by atoms with Crippen molar-refractivity contribution in [2.45, 2.75) is 46.1 Å². The first-order valence-corrected chi connectivity index (χ1v) is 8.20. The van der Waals surface area contributed by atoms with Crippen LogP contribution in [-0.2, 0) is 12.8 Å². The van der Waals surface area contributed by atoms with E-state index in [1.807, 2.05) is 18.0 Å². The van der Waals surface area contributed by atoms with Crippen LogP contribution in [-0.4, -0.2) is 29.1 Å². The van der Waals surface area contributed by atoms with Crippen LogP contribution in [0.5, 0.6) is 0 Å². The van der Waals surface area contributed by atoms with Gasteiger partial charge in [-0.15, -0.1) is 0 Å². The van der Waals surface area contributed by atoms with E-state index in [9.17, 15) is 0 Å². The molecule has 0 aliphatic carbocycles. The molecular formula is C15H26N2S. The summed E-state index contributed by atoms with van der Waals surface area (Å²) in [6, 6.07) is 4.93. The van der Waals surface area contributed by atoms with Crippen LogP contribution in [0.3, 0.4) is 0 Å². The molecule has 0 spiro atoms. The summed E-state index contributed by atoms with van der Waals surface area (Å²) in [4.78, 5) is 4.56. The molecule has 1 heterocycles. The highest BCUT2D eigenvalue weighted by atomic mass is 32.2. The van der Waals surface area contributed by atoms with Gasteiger partial charge in [-0.1, -0.05) is 26.8 Å². The molecule has 0 aromatic carbocycles. The van der Waals surface area contributed by atoms with Crippen molar-refractivity contribution in [1.29, 1.82) is 0 Å². The highest BCUT2D eigenvalue weighted by molar-refractivity contribution is 7.99. The van der Waals surface area contributed by atoms with E-state index in [0.717, 1.165) is 19.4 Å². The average Bonchev–Trinajstić information content (AvgIpc) is 2.42. The summed E-state index contributed by atoms with van der Waals surface area (Å²) in [5.74, 6) is 2.36. The van der Waals surface area contributed by atoms with E-state index in [1.54, 1.807) is 0 Å². The van der Waals surface area contributed by atoms with Crippen LogP contribution in [0.1, 0.15) is 38.4 Å². The third kappa shape index (κ3) is 5.87. The summed E-state index contributed by atoms with van der Waals surface area (Å²) in [6.07, 6.45) is 5.31. The molecule has 1 aromatic rings. The van der Waals surface area contributed by atoms with E-state index < -0.39 is 0 Å². The van der Waals surface area contributed by atoms with E-state index in [2.05, 4.69) is 43.2 Å². The van der Waals surface area contributed by atoms with Crippen LogP contribution in [0.15, 0.2) is 18.3 Å². The number of nitrogens with zero attached hydrogens (tertiary/aromatic N) is 1. The number of pyridine rings is 1. The van der Waals surface area contributed by atoms with Gasteiger partial charge in [-0.05, 0) is 36.8 Å². The maximum atomic E-state index is 4.56. The van der Waals surface area contributed by atoms with Crippen molar-refractivity contribution in [1.82, 2.24) is 10.3 Å². The Kier molecular flexibility index (Phi) is 8.10. The Morgan fingerprint density at radius 1 is 1.28 bits per heavy atom. The van der Waals surface area contributed by atoms with Gasteiger partial charge in [0.25, 0.3) is 0 Å². The molecule has 0 aliphatic rings. The quantitative estimate of drug-likeness (QED) is 0.742. The number of aromatic nitrogens is 1. The van der Waals surface area contributed by atoms with Gasteiger partial charge in [-0.25, -0.2) is 0 Å². The minimum absolute atomic E-state index is 0.551. The molecule has 1 unspecified atom stereocenters. The van der Waals surface area contributed by atoms with Crippen molar-refractivity contribution in [3.63, 3.8) is 0 Å². The molecule has 3 heteroatoms. The Bertz CT molecular complexity index is 303. The third-order valence-corrected chi connectivity index (χ3v) is 4.00. The smallest absolute Gasteiger partial charge is 0.0419 e. The number of aryl methyl sites for hydroxylation is 1. The van der Waals surface area contributed by atoms with Gasteiger partial charge in [0, 0.05) is 30.1 Å². The summed E-state index contributed by atoms with van der Waals surface area (Å²) in [5, 5.41) is 3.62. The van der Waals surface area contributed by atoms with E-state index in [4.69, 9.17) is 0 Å². The van der Waals surface area contributed by atoms with Gasteiger partial charge in [-0.3, -0.25) is 4.98 Å². The Labute approximate surface area is 116 Å². The fourth-order valence-corrected chi connectivity index (χ4v) is 2.59. The number of hydrogen-bond donors (Lipinski definition) is 1. The zero-order valence-electron chi connectivity index (χ0n) is 11.9. The molecule has 1 N–H and O–H groups in total. The largest absolute Gasteiger partial charge is 0.313 e. The fraction of sp³-hybridized carbons (Fsp3) is 0.667. The maximum absolute atomic E-state index is 4.56. The number of rotatable bonds is 9. The zero-order valence-corrected chi connectivity index (χ0v) is 12.7. The SMILES string of the molecule is CCCNC(CSCC)Cc1ccc(CC)cn1. The lowest BCUT2D eigenvalue weighted by atomic mass is 10.1. The Balaban J connectivity index is 2.51. The van der Waals surface area contributed by atoms with Crippen LogP contribution in [0, 0.1) is 0 Å².